The molecule has 0 saturated carbocycles. The maximum absolute atomic E-state index is 12.7. The van der Waals surface area contributed by atoms with E-state index in [0.717, 1.165) is 18.4 Å². The van der Waals surface area contributed by atoms with Gasteiger partial charge in [0.1, 0.15) is 0 Å². The highest BCUT2D eigenvalue weighted by Gasteiger charge is 2.25. The predicted octanol–water partition coefficient (Wildman–Crippen LogP) is 1.99. The Labute approximate surface area is 159 Å². The monoisotopic (exact) mass is 380 g/mol. The molecular weight excluding hydrogens is 352 g/mol. The highest BCUT2D eigenvalue weighted by Crippen LogP contribution is 2.38. The van der Waals surface area contributed by atoms with Crippen molar-refractivity contribution in [3.63, 3.8) is 0 Å². The summed E-state index contributed by atoms with van der Waals surface area (Å²) in [7, 11) is 4.62. The molecule has 2 amide bonds. The Kier molecular flexibility index (Phi) is 7.57. The van der Waals surface area contributed by atoms with Crippen molar-refractivity contribution in [2.24, 2.45) is 0 Å². The van der Waals surface area contributed by atoms with Gasteiger partial charge in [0.15, 0.2) is 11.5 Å². The van der Waals surface area contributed by atoms with E-state index in [-0.39, 0.29) is 18.4 Å². The smallest absolute Gasteiger partial charge is 0.407 e. The number of nitrogens with one attached hydrogen (secondary N) is 1. The molecule has 1 saturated heterocycles. The van der Waals surface area contributed by atoms with Crippen LogP contribution in [0.1, 0.15) is 25.3 Å². The van der Waals surface area contributed by atoms with Crippen LogP contribution in [-0.4, -0.2) is 64.0 Å². The van der Waals surface area contributed by atoms with Crippen molar-refractivity contribution in [1.82, 2.24) is 10.2 Å². The normalized spacial score (nSPS) is 16.4. The first kappa shape index (κ1) is 20.7. The molecule has 0 unspecified atom stereocenters. The predicted molar refractivity (Wildman–Crippen MR) is 99.6 cm³/mol. The maximum atomic E-state index is 12.7. The number of benzene rings is 1. The summed E-state index contributed by atoms with van der Waals surface area (Å²) in [6.07, 6.45) is 1.43. The SMILES string of the molecule is CCOC(=O)N[C@@H]1CCCN(C(=O)Cc2cc(OC)c(OC)c(OC)c2)C1. The number of amides is 2. The fourth-order valence-corrected chi connectivity index (χ4v) is 3.18. The quantitative estimate of drug-likeness (QED) is 0.779. The zero-order valence-corrected chi connectivity index (χ0v) is 16.4. The Morgan fingerprint density at radius 1 is 1.15 bits per heavy atom. The number of ether oxygens (including phenoxy) is 4. The number of likely N-dealkylation sites (tertiary alicyclic amines) is 1. The lowest BCUT2D eigenvalue weighted by Gasteiger charge is -2.33. The first-order chi connectivity index (χ1) is 13.0. The third kappa shape index (κ3) is 5.42. The van der Waals surface area contributed by atoms with Gasteiger partial charge in [-0.1, -0.05) is 0 Å². The Balaban J connectivity index is 2.04. The molecule has 1 aliphatic heterocycles. The Bertz CT molecular complexity index is 639. The molecule has 0 radical (unpaired) electrons. The van der Waals surface area contributed by atoms with E-state index >= 15 is 0 Å². The number of carbonyl (C=O) groups is 2. The second-order valence-electron chi connectivity index (χ2n) is 6.25. The lowest BCUT2D eigenvalue weighted by molar-refractivity contribution is -0.131. The number of hydrogen-bond acceptors (Lipinski definition) is 6. The third-order valence-electron chi connectivity index (χ3n) is 4.45. The number of rotatable bonds is 7. The average Bonchev–Trinajstić information content (AvgIpc) is 2.67. The van der Waals surface area contributed by atoms with Crippen molar-refractivity contribution in [2.75, 3.05) is 41.0 Å². The van der Waals surface area contributed by atoms with Crippen molar-refractivity contribution >= 4 is 12.0 Å². The van der Waals surface area contributed by atoms with Gasteiger partial charge >= 0.3 is 6.09 Å². The van der Waals surface area contributed by atoms with E-state index in [0.29, 0.717) is 36.9 Å². The van der Waals surface area contributed by atoms with Crippen molar-refractivity contribution < 1.29 is 28.5 Å². The molecule has 1 aromatic carbocycles. The van der Waals surface area contributed by atoms with Gasteiger partial charge in [-0.2, -0.15) is 0 Å². The van der Waals surface area contributed by atoms with Crippen LogP contribution < -0.4 is 19.5 Å². The van der Waals surface area contributed by atoms with E-state index in [9.17, 15) is 9.59 Å². The zero-order chi connectivity index (χ0) is 19.8. The molecule has 2 rings (SSSR count). The highest BCUT2D eigenvalue weighted by atomic mass is 16.5. The van der Waals surface area contributed by atoms with Crippen molar-refractivity contribution in [1.29, 1.82) is 0 Å². The first-order valence-electron chi connectivity index (χ1n) is 9.02. The van der Waals surface area contributed by atoms with Crippen LogP contribution >= 0.6 is 0 Å². The van der Waals surface area contributed by atoms with Crippen LogP contribution in [0.4, 0.5) is 4.79 Å². The number of piperidine rings is 1. The Hall–Kier alpha value is -2.64. The number of methoxy groups -OCH3 is 3. The van der Waals surface area contributed by atoms with Crippen LogP contribution in [0.5, 0.6) is 17.2 Å². The molecule has 1 aliphatic rings. The van der Waals surface area contributed by atoms with Gasteiger partial charge in [0.2, 0.25) is 11.7 Å². The van der Waals surface area contributed by atoms with Gasteiger partial charge in [0.25, 0.3) is 0 Å². The summed E-state index contributed by atoms with van der Waals surface area (Å²) in [4.78, 5) is 26.1. The Morgan fingerprint density at radius 2 is 1.81 bits per heavy atom. The molecule has 1 heterocycles. The molecule has 1 atom stereocenters. The fraction of sp³-hybridized carbons (Fsp3) is 0.579. The summed E-state index contributed by atoms with van der Waals surface area (Å²) >= 11 is 0. The number of carbonyl (C=O) groups excluding carboxylic acids is 2. The molecule has 8 heteroatoms. The van der Waals surface area contributed by atoms with E-state index < -0.39 is 6.09 Å². The van der Waals surface area contributed by atoms with Crippen LogP contribution in [0.15, 0.2) is 12.1 Å². The standard InChI is InChI=1S/C19H28N2O6/c1-5-27-19(23)20-14-7-6-8-21(12-14)17(22)11-13-9-15(24-2)18(26-4)16(10-13)25-3/h9-10,14H,5-8,11-12H2,1-4H3,(H,20,23)/t14-/m1/s1. The molecule has 0 aromatic heterocycles. The van der Waals surface area contributed by atoms with Crippen LogP contribution in [0.3, 0.4) is 0 Å². The van der Waals surface area contributed by atoms with Gasteiger partial charge < -0.3 is 29.2 Å². The van der Waals surface area contributed by atoms with E-state index in [4.69, 9.17) is 18.9 Å². The summed E-state index contributed by atoms with van der Waals surface area (Å²) in [5.74, 6) is 1.51. The summed E-state index contributed by atoms with van der Waals surface area (Å²) in [5.41, 5.74) is 0.773. The third-order valence-corrected chi connectivity index (χ3v) is 4.45. The van der Waals surface area contributed by atoms with Gasteiger partial charge in [-0.3, -0.25) is 4.79 Å². The molecule has 0 spiro atoms. The van der Waals surface area contributed by atoms with Crippen LogP contribution in [0, 0.1) is 0 Å². The lowest BCUT2D eigenvalue weighted by atomic mass is 10.0. The second-order valence-corrected chi connectivity index (χ2v) is 6.25. The molecule has 0 bridgehead atoms. The molecule has 0 aliphatic carbocycles. The van der Waals surface area contributed by atoms with Crippen molar-refractivity contribution in [3.8, 4) is 17.2 Å². The first-order valence-corrected chi connectivity index (χ1v) is 9.02. The topological polar surface area (TPSA) is 86.3 Å². The van der Waals surface area contributed by atoms with Crippen molar-refractivity contribution in [2.45, 2.75) is 32.2 Å². The molecule has 27 heavy (non-hydrogen) atoms. The summed E-state index contributed by atoms with van der Waals surface area (Å²) < 4.78 is 20.9. The minimum atomic E-state index is -0.443. The van der Waals surface area contributed by atoms with E-state index in [1.807, 2.05) is 0 Å². The van der Waals surface area contributed by atoms with Gasteiger partial charge in [0, 0.05) is 19.1 Å². The number of hydrogen-bond donors (Lipinski definition) is 1. The maximum Gasteiger partial charge on any atom is 0.407 e. The second kappa shape index (κ2) is 9.89. The average molecular weight is 380 g/mol. The summed E-state index contributed by atoms with van der Waals surface area (Å²) in [6.45, 7) is 3.22. The number of alkyl carbamates (subject to hydrolysis) is 1. The molecule has 1 N–H and O–H groups in total. The van der Waals surface area contributed by atoms with Gasteiger partial charge in [0.05, 0.1) is 34.4 Å². The number of nitrogens with zero attached hydrogens (tertiary/aromatic N) is 1. The highest BCUT2D eigenvalue weighted by molar-refractivity contribution is 5.79. The van der Waals surface area contributed by atoms with E-state index in [2.05, 4.69) is 5.32 Å². The largest absolute Gasteiger partial charge is 0.493 e. The molecule has 1 aromatic rings. The molecule has 1 fully saturated rings. The van der Waals surface area contributed by atoms with Crippen molar-refractivity contribution in [3.05, 3.63) is 17.7 Å². The molecule has 150 valence electrons. The van der Waals surface area contributed by atoms with Crippen LogP contribution in [-0.2, 0) is 16.0 Å². The van der Waals surface area contributed by atoms with Crippen LogP contribution in [0.2, 0.25) is 0 Å². The van der Waals surface area contributed by atoms with E-state index in [1.54, 1.807) is 38.2 Å². The van der Waals surface area contributed by atoms with E-state index in [1.165, 1.54) is 7.11 Å². The summed E-state index contributed by atoms with van der Waals surface area (Å²) in [5, 5.41) is 2.81. The lowest BCUT2D eigenvalue weighted by Crippen LogP contribution is -2.50. The molecule has 8 nitrogen and oxygen atoms in total. The van der Waals surface area contributed by atoms with Gasteiger partial charge in [-0.05, 0) is 37.5 Å². The zero-order valence-electron chi connectivity index (χ0n) is 16.4. The molecular formula is C19H28N2O6. The van der Waals surface area contributed by atoms with Gasteiger partial charge in [-0.25, -0.2) is 4.79 Å². The minimum Gasteiger partial charge on any atom is -0.493 e. The van der Waals surface area contributed by atoms with Crippen LogP contribution in [0.25, 0.3) is 0 Å². The minimum absolute atomic E-state index is 0.0142. The fourth-order valence-electron chi connectivity index (χ4n) is 3.18. The Morgan fingerprint density at radius 3 is 2.37 bits per heavy atom. The summed E-state index contributed by atoms with van der Waals surface area (Å²) in [6, 6.07) is 3.46. The van der Waals surface area contributed by atoms with Gasteiger partial charge in [-0.15, -0.1) is 0 Å².